The summed E-state index contributed by atoms with van der Waals surface area (Å²) in [5.41, 5.74) is 1.27. The third kappa shape index (κ3) is 3.49. The molecule has 0 aliphatic heterocycles. The van der Waals surface area contributed by atoms with Gasteiger partial charge in [0.1, 0.15) is 10.6 Å². The highest BCUT2D eigenvalue weighted by Gasteiger charge is 2.24. The van der Waals surface area contributed by atoms with E-state index in [0.717, 1.165) is 15.4 Å². The van der Waals surface area contributed by atoms with E-state index >= 15 is 0 Å². The van der Waals surface area contributed by atoms with Gasteiger partial charge in [-0.05, 0) is 35.0 Å². The van der Waals surface area contributed by atoms with Crippen LogP contribution in [0.15, 0.2) is 76.4 Å². The van der Waals surface area contributed by atoms with Crippen LogP contribution in [0.25, 0.3) is 16.3 Å². The van der Waals surface area contributed by atoms with Crippen LogP contribution in [0.2, 0.25) is 0 Å². The molecule has 0 aliphatic carbocycles. The van der Waals surface area contributed by atoms with Gasteiger partial charge in [-0.3, -0.25) is 0 Å². The summed E-state index contributed by atoms with van der Waals surface area (Å²) >= 11 is 2.98. The third-order valence-electron chi connectivity index (χ3n) is 3.76. The van der Waals surface area contributed by atoms with Gasteiger partial charge in [-0.1, -0.05) is 30.3 Å². The number of rotatable bonds is 6. The number of benzene rings is 1. The topological polar surface area (TPSA) is 64.0 Å². The van der Waals surface area contributed by atoms with Crippen molar-refractivity contribution in [3.63, 3.8) is 0 Å². The van der Waals surface area contributed by atoms with Crippen LogP contribution in [0.5, 0.6) is 0 Å². The van der Waals surface area contributed by atoms with Crippen LogP contribution in [0.1, 0.15) is 4.88 Å². The Bertz CT molecular complexity index is 1080. The summed E-state index contributed by atoms with van der Waals surface area (Å²) in [6, 6.07) is 17.0. The molecule has 5 nitrogen and oxygen atoms in total. The van der Waals surface area contributed by atoms with Crippen LogP contribution in [-0.2, 0) is 16.6 Å². The van der Waals surface area contributed by atoms with Crippen molar-refractivity contribution in [1.29, 1.82) is 0 Å². The lowest BCUT2D eigenvalue weighted by molar-refractivity contribution is 0.582. The van der Waals surface area contributed by atoms with E-state index in [0.29, 0.717) is 5.69 Å². The maximum Gasteiger partial charge on any atom is 0.244 e. The maximum absolute atomic E-state index is 12.9. The van der Waals surface area contributed by atoms with Crippen molar-refractivity contribution in [2.24, 2.45) is 0 Å². The summed E-state index contributed by atoms with van der Waals surface area (Å²) in [4.78, 5) is 1.96. The Balaban J connectivity index is 1.75. The minimum atomic E-state index is -3.70. The molecule has 4 rings (SSSR count). The number of para-hydroxylation sites is 1. The molecule has 0 saturated carbocycles. The fourth-order valence-electron chi connectivity index (χ4n) is 2.51. The Morgan fingerprint density at radius 2 is 1.73 bits per heavy atom. The number of hydrogen-bond donors (Lipinski definition) is 1. The first-order valence-electron chi connectivity index (χ1n) is 7.84. The minimum absolute atomic E-state index is 0.181. The van der Waals surface area contributed by atoms with Crippen molar-refractivity contribution in [2.45, 2.75) is 11.4 Å². The Kier molecular flexibility index (Phi) is 4.73. The van der Waals surface area contributed by atoms with Gasteiger partial charge in [0.2, 0.25) is 10.0 Å². The lowest BCUT2D eigenvalue weighted by atomic mass is 10.3. The molecule has 0 saturated heterocycles. The zero-order valence-electron chi connectivity index (χ0n) is 13.6. The van der Waals surface area contributed by atoms with E-state index in [2.05, 4.69) is 9.82 Å². The lowest BCUT2D eigenvalue weighted by Crippen LogP contribution is -2.23. The van der Waals surface area contributed by atoms with Crippen molar-refractivity contribution in [3.8, 4) is 16.3 Å². The molecular formula is C18H15N3O2S3. The molecule has 3 heterocycles. The van der Waals surface area contributed by atoms with Gasteiger partial charge in [0, 0.05) is 11.4 Å². The molecule has 8 heteroatoms. The highest BCUT2D eigenvalue weighted by molar-refractivity contribution is 7.89. The molecule has 132 valence electrons. The number of nitrogens with one attached hydrogen (secondary N) is 1. The Morgan fingerprint density at radius 3 is 2.42 bits per heavy atom. The molecule has 0 fully saturated rings. The van der Waals surface area contributed by atoms with Crippen LogP contribution in [-0.4, -0.2) is 18.2 Å². The number of hydrogen-bond acceptors (Lipinski definition) is 5. The maximum atomic E-state index is 12.9. The summed E-state index contributed by atoms with van der Waals surface area (Å²) in [5, 5.41) is 8.38. The lowest BCUT2D eigenvalue weighted by Gasteiger charge is -2.04. The summed E-state index contributed by atoms with van der Waals surface area (Å²) in [6.07, 6.45) is 1.57. The van der Waals surface area contributed by atoms with Crippen molar-refractivity contribution in [2.75, 3.05) is 0 Å². The number of aromatic nitrogens is 2. The summed E-state index contributed by atoms with van der Waals surface area (Å²) < 4.78 is 30.2. The van der Waals surface area contributed by atoms with Gasteiger partial charge in [0.05, 0.1) is 16.8 Å². The molecule has 0 unspecified atom stereocenters. The highest BCUT2D eigenvalue weighted by atomic mass is 32.2. The quantitative estimate of drug-likeness (QED) is 0.528. The average Bonchev–Trinajstić information content (AvgIpc) is 3.42. The molecule has 0 spiro atoms. The van der Waals surface area contributed by atoms with Gasteiger partial charge >= 0.3 is 0 Å². The fourth-order valence-corrected chi connectivity index (χ4v) is 5.18. The Hall–Kier alpha value is -2.26. The standard InChI is InChI=1S/C18H15N3O2S3/c22-26(23,19-12-15-8-4-10-24-15)17-13-21(14-6-2-1-3-7-14)20-18(17)16-9-5-11-25-16/h1-11,13,19H,12H2. The van der Waals surface area contributed by atoms with E-state index in [1.165, 1.54) is 22.7 Å². The van der Waals surface area contributed by atoms with Crippen LogP contribution in [0.4, 0.5) is 0 Å². The molecule has 26 heavy (non-hydrogen) atoms. The second-order valence-corrected chi connectivity index (χ2v) is 9.22. The molecule has 4 aromatic rings. The largest absolute Gasteiger partial charge is 0.244 e. The smallest absolute Gasteiger partial charge is 0.239 e. The van der Waals surface area contributed by atoms with E-state index in [-0.39, 0.29) is 11.4 Å². The third-order valence-corrected chi connectivity index (χ3v) is 6.92. The molecule has 3 aromatic heterocycles. The molecule has 1 aromatic carbocycles. The van der Waals surface area contributed by atoms with Gasteiger partial charge in [0.15, 0.2) is 0 Å². The van der Waals surface area contributed by atoms with Crippen LogP contribution in [0.3, 0.4) is 0 Å². The van der Waals surface area contributed by atoms with Gasteiger partial charge in [-0.15, -0.1) is 22.7 Å². The molecule has 0 aliphatic rings. The molecular weight excluding hydrogens is 386 g/mol. The molecule has 0 bridgehead atoms. The normalized spacial score (nSPS) is 11.7. The first kappa shape index (κ1) is 17.2. The molecule has 0 atom stereocenters. The van der Waals surface area contributed by atoms with E-state index in [4.69, 9.17) is 0 Å². The Labute approximate surface area is 159 Å². The van der Waals surface area contributed by atoms with E-state index in [1.54, 1.807) is 10.9 Å². The summed E-state index contributed by atoms with van der Waals surface area (Å²) in [7, 11) is -3.70. The van der Waals surface area contributed by atoms with Crippen molar-refractivity contribution >= 4 is 32.7 Å². The first-order chi connectivity index (χ1) is 12.6. The summed E-state index contributed by atoms with van der Waals surface area (Å²) in [6.45, 7) is 0.264. The van der Waals surface area contributed by atoms with Crippen LogP contribution >= 0.6 is 22.7 Å². The SMILES string of the molecule is O=S(=O)(NCc1cccs1)c1cn(-c2ccccc2)nc1-c1cccs1. The molecule has 0 amide bonds. The number of nitrogens with zero attached hydrogens (tertiary/aromatic N) is 2. The van der Waals surface area contributed by atoms with Gasteiger partial charge < -0.3 is 0 Å². The van der Waals surface area contributed by atoms with Gasteiger partial charge in [-0.25, -0.2) is 17.8 Å². The van der Waals surface area contributed by atoms with Crippen molar-refractivity contribution in [3.05, 3.63) is 76.4 Å². The summed E-state index contributed by atoms with van der Waals surface area (Å²) in [5.74, 6) is 0. The minimum Gasteiger partial charge on any atom is -0.239 e. The molecule has 1 N–H and O–H groups in total. The zero-order chi connectivity index (χ0) is 18.0. The second kappa shape index (κ2) is 7.16. The van der Waals surface area contributed by atoms with E-state index in [9.17, 15) is 8.42 Å². The zero-order valence-corrected chi connectivity index (χ0v) is 16.0. The van der Waals surface area contributed by atoms with Gasteiger partial charge in [0.25, 0.3) is 0 Å². The number of thiophene rings is 2. The van der Waals surface area contributed by atoms with Crippen LogP contribution in [0, 0.1) is 0 Å². The average molecular weight is 402 g/mol. The monoisotopic (exact) mass is 401 g/mol. The van der Waals surface area contributed by atoms with E-state index in [1.807, 2.05) is 65.4 Å². The predicted molar refractivity (Wildman–Crippen MR) is 105 cm³/mol. The number of sulfonamides is 1. The second-order valence-electron chi connectivity index (χ2n) is 5.50. The molecule has 0 radical (unpaired) electrons. The van der Waals surface area contributed by atoms with Gasteiger partial charge in [-0.2, -0.15) is 5.10 Å². The van der Waals surface area contributed by atoms with Crippen LogP contribution < -0.4 is 4.72 Å². The predicted octanol–water partition coefficient (Wildman–Crippen LogP) is 4.14. The van der Waals surface area contributed by atoms with E-state index < -0.39 is 10.0 Å². The van der Waals surface area contributed by atoms with Crippen molar-refractivity contribution < 1.29 is 8.42 Å². The first-order valence-corrected chi connectivity index (χ1v) is 11.1. The fraction of sp³-hybridized carbons (Fsp3) is 0.0556. The Morgan fingerprint density at radius 1 is 0.962 bits per heavy atom. The van der Waals surface area contributed by atoms with Crippen molar-refractivity contribution in [1.82, 2.24) is 14.5 Å². The highest BCUT2D eigenvalue weighted by Crippen LogP contribution is 2.30.